The highest BCUT2D eigenvalue weighted by molar-refractivity contribution is 6.32. The van der Waals surface area contributed by atoms with Crippen molar-refractivity contribution >= 4 is 17.4 Å². The number of ketones is 1. The zero-order chi connectivity index (χ0) is 15.5. The van der Waals surface area contributed by atoms with E-state index in [1.807, 2.05) is 13.0 Å². The van der Waals surface area contributed by atoms with Crippen molar-refractivity contribution in [3.63, 3.8) is 0 Å². The van der Waals surface area contributed by atoms with Crippen LogP contribution in [0.2, 0.25) is 0 Å². The Morgan fingerprint density at radius 2 is 1.90 bits per heavy atom. The first kappa shape index (κ1) is 19.0. The van der Waals surface area contributed by atoms with Gasteiger partial charge in [-0.05, 0) is 50.7 Å². The number of hydrogen-bond acceptors (Lipinski definition) is 2. The van der Waals surface area contributed by atoms with Crippen LogP contribution in [0.5, 0.6) is 0 Å². The zero-order valence-corrected chi connectivity index (χ0v) is 13.9. The lowest BCUT2D eigenvalue weighted by Crippen LogP contribution is -2.02. The minimum absolute atomic E-state index is 0.237. The molecule has 0 N–H and O–H groups in total. The number of allylic oxidation sites excluding steroid dienone is 4. The maximum atomic E-state index is 10.9. The molecular weight excluding hydrogens is 272 g/mol. The standard InChI is InChI=1S/C17H27ClO2/c1-6-15(11-9-8-10-14(5)19)17(18)16(7-2)20-12-13(3)4/h6-7,13H,2,8-12H2,1,3-5H3/b15-6-,17-16-. The molecule has 0 aliphatic heterocycles. The number of carbonyl (C=O) groups excluding carboxylic acids is 1. The van der Waals surface area contributed by atoms with E-state index in [4.69, 9.17) is 16.3 Å². The van der Waals surface area contributed by atoms with Gasteiger partial charge in [-0.1, -0.05) is 38.1 Å². The Hall–Kier alpha value is -1.02. The second-order valence-corrected chi connectivity index (χ2v) is 5.69. The number of halogens is 1. The monoisotopic (exact) mass is 298 g/mol. The second kappa shape index (κ2) is 10.7. The Labute approximate surface area is 128 Å². The van der Waals surface area contributed by atoms with Crippen molar-refractivity contribution in [1.82, 2.24) is 0 Å². The van der Waals surface area contributed by atoms with Gasteiger partial charge < -0.3 is 9.53 Å². The molecule has 2 nitrogen and oxygen atoms in total. The number of rotatable bonds is 10. The van der Waals surface area contributed by atoms with Crippen LogP contribution in [0.1, 0.15) is 53.4 Å². The summed E-state index contributed by atoms with van der Waals surface area (Å²) in [5, 5.41) is 0.631. The molecule has 0 radical (unpaired) electrons. The van der Waals surface area contributed by atoms with E-state index in [0.29, 0.717) is 29.7 Å². The molecule has 0 rings (SSSR count). The van der Waals surface area contributed by atoms with E-state index in [1.165, 1.54) is 0 Å². The first-order valence-electron chi connectivity index (χ1n) is 7.22. The molecule has 0 fully saturated rings. The summed E-state index contributed by atoms with van der Waals surface area (Å²) in [6.07, 6.45) is 6.99. The van der Waals surface area contributed by atoms with Crippen molar-refractivity contribution in [2.24, 2.45) is 5.92 Å². The Morgan fingerprint density at radius 3 is 2.35 bits per heavy atom. The minimum atomic E-state index is 0.237. The van der Waals surface area contributed by atoms with Crippen LogP contribution in [-0.4, -0.2) is 12.4 Å². The smallest absolute Gasteiger partial charge is 0.137 e. The molecule has 20 heavy (non-hydrogen) atoms. The van der Waals surface area contributed by atoms with Gasteiger partial charge in [0.05, 0.1) is 11.6 Å². The van der Waals surface area contributed by atoms with Crippen molar-refractivity contribution < 1.29 is 9.53 Å². The number of ether oxygens (including phenoxy) is 1. The molecular formula is C17H27ClO2. The van der Waals surface area contributed by atoms with E-state index in [2.05, 4.69) is 20.4 Å². The third-order valence-corrected chi connectivity index (χ3v) is 3.26. The molecule has 0 unspecified atom stereocenters. The van der Waals surface area contributed by atoms with Gasteiger partial charge in [0, 0.05) is 6.42 Å². The molecule has 0 bridgehead atoms. The fourth-order valence-corrected chi connectivity index (χ4v) is 2.03. The van der Waals surface area contributed by atoms with Gasteiger partial charge in [0.1, 0.15) is 11.5 Å². The number of hydrogen-bond donors (Lipinski definition) is 0. The summed E-state index contributed by atoms with van der Waals surface area (Å²) in [5.74, 6) is 1.32. The lowest BCUT2D eigenvalue weighted by atomic mass is 10.0. The van der Waals surface area contributed by atoms with Crippen LogP contribution in [0, 0.1) is 5.92 Å². The van der Waals surface area contributed by atoms with Gasteiger partial charge in [-0.2, -0.15) is 0 Å². The molecule has 0 aromatic carbocycles. The lowest BCUT2D eigenvalue weighted by molar-refractivity contribution is -0.117. The van der Waals surface area contributed by atoms with Crippen LogP contribution >= 0.6 is 11.6 Å². The topological polar surface area (TPSA) is 26.3 Å². The maximum Gasteiger partial charge on any atom is 0.137 e. The Bertz CT molecular complexity index is 378. The molecule has 0 aliphatic rings. The highest BCUT2D eigenvalue weighted by Crippen LogP contribution is 2.26. The summed E-state index contributed by atoms with van der Waals surface area (Å²) in [6, 6.07) is 0. The summed E-state index contributed by atoms with van der Waals surface area (Å²) in [6.45, 7) is 12.1. The second-order valence-electron chi connectivity index (χ2n) is 5.31. The fraction of sp³-hybridized carbons (Fsp3) is 0.588. The van der Waals surface area contributed by atoms with Crippen molar-refractivity contribution in [1.29, 1.82) is 0 Å². The van der Waals surface area contributed by atoms with E-state index in [-0.39, 0.29) is 5.78 Å². The SMILES string of the molecule is C=C/C(OCC(C)C)=C(Cl)\C(=C/C)CCCCC(C)=O. The largest absolute Gasteiger partial charge is 0.492 e. The van der Waals surface area contributed by atoms with E-state index < -0.39 is 0 Å². The van der Waals surface area contributed by atoms with E-state index in [0.717, 1.165) is 24.8 Å². The zero-order valence-electron chi connectivity index (χ0n) is 13.2. The molecule has 114 valence electrons. The molecule has 0 atom stereocenters. The van der Waals surface area contributed by atoms with Crippen LogP contribution in [0.15, 0.2) is 35.1 Å². The Kier molecular flexibility index (Phi) is 10.2. The minimum Gasteiger partial charge on any atom is -0.492 e. The van der Waals surface area contributed by atoms with Crippen molar-refractivity contribution in [3.05, 3.63) is 35.1 Å². The van der Waals surface area contributed by atoms with Gasteiger partial charge in [-0.3, -0.25) is 0 Å². The number of unbranched alkanes of at least 4 members (excludes halogenated alkanes) is 1. The van der Waals surface area contributed by atoms with Gasteiger partial charge in [0.2, 0.25) is 0 Å². The summed E-state index contributed by atoms with van der Waals surface area (Å²) in [7, 11) is 0. The van der Waals surface area contributed by atoms with E-state index in [1.54, 1.807) is 13.0 Å². The Morgan fingerprint density at radius 1 is 1.30 bits per heavy atom. The Balaban J connectivity index is 4.59. The van der Waals surface area contributed by atoms with E-state index >= 15 is 0 Å². The van der Waals surface area contributed by atoms with E-state index in [9.17, 15) is 4.79 Å². The predicted molar refractivity (Wildman–Crippen MR) is 86.8 cm³/mol. The van der Waals surface area contributed by atoms with Crippen LogP contribution in [0.25, 0.3) is 0 Å². The third kappa shape index (κ3) is 8.21. The van der Waals surface area contributed by atoms with Crippen LogP contribution in [-0.2, 0) is 9.53 Å². The van der Waals surface area contributed by atoms with Gasteiger partial charge in [-0.15, -0.1) is 0 Å². The summed E-state index contributed by atoms with van der Waals surface area (Å²) in [5.41, 5.74) is 1.05. The van der Waals surface area contributed by atoms with Crippen molar-refractivity contribution in [3.8, 4) is 0 Å². The van der Waals surface area contributed by atoms with Gasteiger partial charge >= 0.3 is 0 Å². The highest BCUT2D eigenvalue weighted by atomic mass is 35.5. The van der Waals surface area contributed by atoms with Gasteiger partial charge in [0.15, 0.2) is 0 Å². The van der Waals surface area contributed by atoms with Crippen molar-refractivity contribution in [2.45, 2.75) is 53.4 Å². The molecule has 0 aliphatic carbocycles. The van der Waals surface area contributed by atoms with Crippen LogP contribution in [0.4, 0.5) is 0 Å². The summed E-state index contributed by atoms with van der Waals surface area (Å²) < 4.78 is 5.68. The van der Waals surface area contributed by atoms with Crippen LogP contribution < -0.4 is 0 Å². The fourth-order valence-electron chi connectivity index (χ4n) is 1.70. The average molecular weight is 299 g/mol. The predicted octanol–water partition coefficient (Wildman–Crippen LogP) is 5.39. The molecule has 3 heteroatoms. The van der Waals surface area contributed by atoms with Gasteiger partial charge in [-0.25, -0.2) is 0 Å². The number of Topliss-reactive ketones (excluding diaryl/α,β-unsaturated/α-hetero) is 1. The summed E-state index contributed by atoms with van der Waals surface area (Å²) in [4.78, 5) is 10.9. The molecule has 0 aromatic rings. The highest BCUT2D eigenvalue weighted by Gasteiger charge is 2.09. The quantitative estimate of drug-likeness (QED) is 0.307. The first-order chi connectivity index (χ1) is 9.42. The third-order valence-electron chi connectivity index (χ3n) is 2.83. The van der Waals surface area contributed by atoms with Crippen LogP contribution in [0.3, 0.4) is 0 Å². The molecule has 0 saturated carbocycles. The molecule has 0 saturated heterocycles. The number of carbonyl (C=O) groups is 1. The molecule has 0 heterocycles. The first-order valence-corrected chi connectivity index (χ1v) is 7.60. The molecule has 0 amide bonds. The lowest BCUT2D eigenvalue weighted by Gasteiger charge is -2.13. The molecule has 0 aromatic heterocycles. The molecule has 0 spiro atoms. The average Bonchev–Trinajstić information content (AvgIpc) is 2.38. The van der Waals surface area contributed by atoms with Gasteiger partial charge in [0.25, 0.3) is 0 Å². The maximum absolute atomic E-state index is 10.9. The summed E-state index contributed by atoms with van der Waals surface area (Å²) >= 11 is 6.39. The van der Waals surface area contributed by atoms with Crippen molar-refractivity contribution in [2.75, 3.05) is 6.61 Å². The normalized spacial score (nSPS) is 13.2.